The first-order valence-corrected chi connectivity index (χ1v) is 21.0. The molecule has 4 nitrogen and oxygen atoms in total. The highest BCUT2D eigenvalue weighted by molar-refractivity contribution is 6.20. The van der Waals surface area contributed by atoms with Crippen molar-refractivity contribution < 1.29 is 13.3 Å². The van der Waals surface area contributed by atoms with Gasteiger partial charge in [-0.3, -0.25) is 0 Å². The highest BCUT2D eigenvalue weighted by atomic mass is 16.3. The van der Waals surface area contributed by atoms with Gasteiger partial charge in [-0.1, -0.05) is 164 Å². The summed E-state index contributed by atoms with van der Waals surface area (Å²) in [6.45, 7) is 0. The molecule has 0 spiro atoms. The molecule has 13 aromatic rings. The van der Waals surface area contributed by atoms with E-state index in [9.17, 15) is 0 Å². The molecule has 10 aromatic carbocycles. The van der Waals surface area contributed by atoms with Gasteiger partial charge >= 0.3 is 0 Å². The number of nitrogens with zero attached hydrogens (tertiary/aromatic N) is 1. The van der Waals surface area contributed by atoms with Gasteiger partial charge in [0.2, 0.25) is 0 Å². The van der Waals surface area contributed by atoms with Gasteiger partial charge in [0.05, 0.1) is 11.4 Å². The second-order valence-electron chi connectivity index (χ2n) is 16.0. The summed E-state index contributed by atoms with van der Waals surface area (Å²) >= 11 is 0. The van der Waals surface area contributed by atoms with Crippen LogP contribution in [0.5, 0.6) is 0 Å². The molecule has 0 amide bonds. The molecule has 0 bridgehead atoms. The minimum Gasteiger partial charge on any atom is -0.455 e. The first-order valence-electron chi connectivity index (χ1n) is 21.0. The van der Waals surface area contributed by atoms with E-state index in [-0.39, 0.29) is 0 Å². The van der Waals surface area contributed by atoms with E-state index in [0.717, 1.165) is 121 Å². The molecule has 13 rings (SSSR count). The predicted molar refractivity (Wildman–Crippen MR) is 257 cm³/mol. The largest absolute Gasteiger partial charge is 0.455 e. The Morgan fingerprint density at radius 1 is 0.274 bits per heavy atom. The normalized spacial score (nSPS) is 11.9. The molecule has 290 valence electrons. The number of rotatable bonds is 6. The zero-order valence-corrected chi connectivity index (χ0v) is 33.4. The van der Waals surface area contributed by atoms with Gasteiger partial charge in [0, 0.05) is 54.5 Å². The summed E-state index contributed by atoms with van der Waals surface area (Å²) in [5.74, 6) is 0. The first kappa shape index (κ1) is 34.5. The minimum atomic E-state index is 0.816. The maximum absolute atomic E-state index is 7.17. The molecule has 0 fully saturated rings. The molecular formula is C58H35NO3. The van der Waals surface area contributed by atoms with Crippen LogP contribution in [0.15, 0.2) is 226 Å². The lowest BCUT2D eigenvalue weighted by molar-refractivity contribution is 0.668. The molecule has 0 saturated heterocycles. The van der Waals surface area contributed by atoms with E-state index in [0.29, 0.717) is 0 Å². The lowest BCUT2D eigenvalue weighted by atomic mass is 9.95. The second kappa shape index (κ2) is 13.6. The smallest absolute Gasteiger partial charge is 0.159 e. The quantitative estimate of drug-likeness (QED) is 0.168. The van der Waals surface area contributed by atoms with Crippen LogP contribution in [0.1, 0.15) is 0 Å². The van der Waals surface area contributed by atoms with Gasteiger partial charge in [0.15, 0.2) is 5.58 Å². The molecule has 3 heterocycles. The average Bonchev–Trinajstić information content (AvgIpc) is 4.04. The van der Waals surface area contributed by atoms with Crippen molar-refractivity contribution >= 4 is 93.7 Å². The van der Waals surface area contributed by atoms with Crippen LogP contribution in [-0.4, -0.2) is 0 Å². The maximum Gasteiger partial charge on any atom is 0.159 e. The van der Waals surface area contributed by atoms with Crippen LogP contribution in [0.4, 0.5) is 17.1 Å². The first-order chi connectivity index (χ1) is 30.7. The fraction of sp³-hybridized carbons (Fsp3) is 0. The van der Waals surface area contributed by atoms with Gasteiger partial charge in [0.1, 0.15) is 27.9 Å². The number of fused-ring (bicyclic) bond motifs is 11. The summed E-state index contributed by atoms with van der Waals surface area (Å²) in [5, 5.41) is 8.73. The Morgan fingerprint density at radius 2 is 0.823 bits per heavy atom. The van der Waals surface area contributed by atoms with Gasteiger partial charge in [-0.05, 0) is 76.2 Å². The van der Waals surface area contributed by atoms with E-state index in [2.05, 4.69) is 193 Å². The van der Waals surface area contributed by atoms with Crippen LogP contribution < -0.4 is 4.90 Å². The Bertz CT molecular complexity index is 3850. The Balaban J connectivity index is 1.08. The molecule has 4 heteroatoms. The number of hydrogen-bond donors (Lipinski definition) is 0. The molecule has 0 N–H and O–H groups in total. The highest BCUT2D eigenvalue weighted by Crippen LogP contribution is 2.50. The highest BCUT2D eigenvalue weighted by Gasteiger charge is 2.26. The van der Waals surface area contributed by atoms with Crippen LogP contribution >= 0.6 is 0 Å². The zero-order valence-electron chi connectivity index (χ0n) is 33.4. The van der Waals surface area contributed by atoms with E-state index in [1.165, 1.54) is 5.56 Å². The van der Waals surface area contributed by atoms with Gasteiger partial charge in [0.25, 0.3) is 0 Å². The Morgan fingerprint density at radius 3 is 1.60 bits per heavy atom. The number of benzene rings is 10. The van der Waals surface area contributed by atoms with Crippen molar-refractivity contribution in [2.75, 3.05) is 4.90 Å². The second-order valence-corrected chi connectivity index (χ2v) is 16.0. The molecular weight excluding hydrogens is 759 g/mol. The van der Waals surface area contributed by atoms with Crippen molar-refractivity contribution in [2.45, 2.75) is 0 Å². The molecule has 0 radical (unpaired) electrons. The number of furan rings is 3. The predicted octanol–water partition coefficient (Wildman–Crippen LogP) is 17.0. The van der Waals surface area contributed by atoms with E-state index in [4.69, 9.17) is 13.3 Å². The van der Waals surface area contributed by atoms with Gasteiger partial charge in [-0.2, -0.15) is 0 Å². The van der Waals surface area contributed by atoms with Crippen LogP contribution in [0, 0.1) is 0 Å². The molecule has 62 heavy (non-hydrogen) atoms. The average molecular weight is 794 g/mol. The zero-order chi connectivity index (χ0) is 40.7. The summed E-state index contributed by atoms with van der Waals surface area (Å²) < 4.78 is 20.4. The van der Waals surface area contributed by atoms with E-state index in [1.807, 2.05) is 24.3 Å². The summed E-state index contributed by atoms with van der Waals surface area (Å²) in [5.41, 5.74) is 14.5. The summed E-state index contributed by atoms with van der Waals surface area (Å²) in [6, 6.07) is 74.9. The molecule has 0 aliphatic carbocycles. The minimum absolute atomic E-state index is 0.816. The van der Waals surface area contributed by atoms with E-state index >= 15 is 0 Å². The molecule has 0 aliphatic heterocycles. The Hall–Kier alpha value is -8.34. The standard InChI is InChI=1S/C58H35NO3/c1-2-12-36(13-3-1)37-28-31-41(32-29-37)59(51-21-11-20-47-45-17-7-9-23-53(45)61-57(47)51)50-35-34-49-48-33-30-38-14-4-5-15-42(38)56(48)62-58(49)54(50)40-26-24-39(25-27-40)43-18-10-19-46-44-16-6-8-22-52(44)60-55(43)46/h1-35H. The fourth-order valence-corrected chi connectivity index (χ4v) is 9.56. The molecule has 0 saturated carbocycles. The maximum atomic E-state index is 7.17. The van der Waals surface area contributed by atoms with Crippen molar-refractivity contribution in [1.29, 1.82) is 0 Å². The number of hydrogen-bond acceptors (Lipinski definition) is 4. The van der Waals surface area contributed by atoms with Crippen molar-refractivity contribution in [3.05, 3.63) is 212 Å². The van der Waals surface area contributed by atoms with Crippen molar-refractivity contribution in [1.82, 2.24) is 0 Å². The van der Waals surface area contributed by atoms with Gasteiger partial charge in [-0.15, -0.1) is 0 Å². The lowest BCUT2D eigenvalue weighted by Crippen LogP contribution is -2.11. The third-order valence-corrected chi connectivity index (χ3v) is 12.5. The molecule has 3 aromatic heterocycles. The summed E-state index contributed by atoms with van der Waals surface area (Å²) in [7, 11) is 0. The number of para-hydroxylation sites is 4. The van der Waals surface area contributed by atoms with Crippen LogP contribution in [-0.2, 0) is 0 Å². The number of anilines is 3. The monoisotopic (exact) mass is 793 g/mol. The van der Waals surface area contributed by atoms with Crippen LogP contribution in [0.25, 0.3) is 110 Å². The third kappa shape index (κ3) is 5.27. The van der Waals surface area contributed by atoms with Gasteiger partial charge < -0.3 is 18.2 Å². The van der Waals surface area contributed by atoms with E-state index < -0.39 is 0 Å². The Labute approximate surface area is 356 Å². The fourth-order valence-electron chi connectivity index (χ4n) is 9.56. The van der Waals surface area contributed by atoms with Crippen molar-refractivity contribution in [2.24, 2.45) is 0 Å². The Kier molecular flexibility index (Phi) is 7.57. The molecule has 0 aliphatic rings. The van der Waals surface area contributed by atoms with Crippen LogP contribution in [0.3, 0.4) is 0 Å². The van der Waals surface area contributed by atoms with Crippen molar-refractivity contribution in [3.63, 3.8) is 0 Å². The molecule has 0 atom stereocenters. The van der Waals surface area contributed by atoms with Gasteiger partial charge in [-0.25, -0.2) is 0 Å². The lowest BCUT2D eigenvalue weighted by Gasteiger charge is -2.28. The third-order valence-electron chi connectivity index (χ3n) is 12.5. The molecule has 0 unspecified atom stereocenters. The SMILES string of the molecule is c1ccc(-c2ccc(N(c3ccc4c(oc5c6ccccc6ccc45)c3-c3ccc(-c4cccc5c4oc4ccccc45)cc3)c3cccc4c3oc3ccccc34)cc2)cc1. The van der Waals surface area contributed by atoms with E-state index in [1.54, 1.807) is 0 Å². The van der Waals surface area contributed by atoms with Crippen molar-refractivity contribution in [3.8, 4) is 33.4 Å². The van der Waals surface area contributed by atoms with Crippen LogP contribution in [0.2, 0.25) is 0 Å². The summed E-state index contributed by atoms with van der Waals surface area (Å²) in [4.78, 5) is 2.34. The summed E-state index contributed by atoms with van der Waals surface area (Å²) in [6.07, 6.45) is 0. The topological polar surface area (TPSA) is 42.7 Å².